The molecule has 2 rings (SSSR count). The van der Waals surface area contributed by atoms with E-state index >= 15 is 0 Å². The van der Waals surface area contributed by atoms with Gasteiger partial charge < -0.3 is 0 Å². The molecule has 1 nitrogen and oxygen atoms in total. The Labute approximate surface area is 129 Å². The Morgan fingerprint density at radius 2 is 1.48 bits per heavy atom. The summed E-state index contributed by atoms with van der Waals surface area (Å²) in [4.78, 5) is 0. The third-order valence-corrected chi connectivity index (χ3v) is 4.02. The molecule has 0 aliphatic carbocycles. The molecule has 0 bridgehead atoms. The Hall–Kier alpha value is -1.63. The number of rotatable bonds is 9. The van der Waals surface area contributed by atoms with E-state index in [0.29, 0.717) is 0 Å². The van der Waals surface area contributed by atoms with Crippen LogP contribution in [0.5, 0.6) is 0 Å². The van der Waals surface area contributed by atoms with Crippen molar-refractivity contribution < 1.29 is 4.57 Å². The maximum absolute atomic E-state index is 2.39. The second kappa shape index (κ2) is 9.33. The smallest absolute Gasteiger partial charge is 0.181 e. The number of nitrogens with zero attached hydrogens (tertiary/aromatic N) is 1. The Morgan fingerprint density at radius 1 is 0.762 bits per heavy atom. The van der Waals surface area contributed by atoms with Crippen molar-refractivity contribution in [2.24, 2.45) is 0 Å². The minimum absolute atomic E-state index is 0.979. The van der Waals surface area contributed by atoms with Crippen LogP contribution >= 0.6 is 0 Å². The topological polar surface area (TPSA) is 3.88 Å². The number of aryl methyl sites for hydroxylation is 1. The molecule has 21 heavy (non-hydrogen) atoms. The lowest BCUT2D eigenvalue weighted by Crippen LogP contribution is -2.38. The Bertz CT molecular complexity index is 504. The van der Waals surface area contributed by atoms with Crippen molar-refractivity contribution >= 4 is 0 Å². The fraction of sp³-hybridized carbons (Fsp3) is 0.450. The molecular formula is C20H28N+. The first-order valence-corrected chi connectivity index (χ1v) is 8.41. The van der Waals surface area contributed by atoms with Crippen LogP contribution < -0.4 is 4.57 Å². The number of aromatic nitrogens is 1. The summed E-state index contributed by atoms with van der Waals surface area (Å²) in [5.74, 6) is 0. The quantitative estimate of drug-likeness (QED) is 0.454. The molecule has 0 fully saturated rings. The number of hydrogen-bond acceptors (Lipinski definition) is 0. The van der Waals surface area contributed by atoms with E-state index in [2.05, 4.69) is 66.2 Å². The molecule has 0 amide bonds. The van der Waals surface area contributed by atoms with Crippen LogP contribution in [-0.2, 0) is 13.0 Å². The molecule has 0 atom stereocenters. The van der Waals surface area contributed by atoms with Crippen LogP contribution in [0.1, 0.15) is 56.7 Å². The highest BCUT2D eigenvalue weighted by molar-refractivity contribution is 5.13. The summed E-state index contributed by atoms with van der Waals surface area (Å²) in [7, 11) is 0. The molecule has 0 aliphatic heterocycles. The number of pyridine rings is 1. The van der Waals surface area contributed by atoms with Gasteiger partial charge in [0.1, 0.15) is 0 Å². The minimum Gasteiger partial charge on any atom is -0.198 e. The van der Waals surface area contributed by atoms with Crippen LogP contribution in [0.25, 0.3) is 0 Å². The van der Waals surface area contributed by atoms with Gasteiger partial charge in [0, 0.05) is 24.1 Å². The molecule has 112 valence electrons. The monoisotopic (exact) mass is 282 g/mol. The zero-order chi connectivity index (χ0) is 14.8. The van der Waals surface area contributed by atoms with Gasteiger partial charge in [0.05, 0.1) is 0 Å². The largest absolute Gasteiger partial charge is 0.198 e. The van der Waals surface area contributed by atoms with E-state index in [0.717, 1.165) is 6.54 Å². The van der Waals surface area contributed by atoms with Gasteiger partial charge in [0.2, 0.25) is 0 Å². The van der Waals surface area contributed by atoms with E-state index in [-0.39, 0.29) is 0 Å². The maximum atomic E-state index is 2.39. The van der Waals surface area contributed by atoms with E-state index in [9.17, 15) is 0 Å². The summed E-state index contributed by atoms with van der Waals surface area (Å²) < 4.78 is 2.39. The average Bonchev–Trinajstić information content (AvgIpc) is 2.53. The highest BCUT2D eigenvalue weighted by atomic mass is 14.9. The SMILES string of the molecule is CCCCCCCCc1cccc[n+]1Cc1ccccc1. The first kappa shape index (κ1) is 15.8. The Morgan fingerprint density at radius 3 is 2.29 bits per heavy atom. The molecule has 1 aromatic heterocycles. The van der Waals surface area contributed by atoms with Gasteiger partial charge in [-0.2, -0.15) is 4.57 Å². The predicted molar refractivity (Wildman–Crippen MR) is 89.3 cm³/mol. The Kier molecular flexibility index (Phi) is 7.00. The standard InChI is InChI=1S/C20H28N/c1-2-3-4-5-6-10-15-20-16-11-12-17-21(20)18-19-13-8-7-9-14-19/h7-9,11-14,16-17H,2-6,10,15,18H2,1H3/q+1. The maximum Gasteiger partial charge on any atom is 0.181 e. The van der Waals surface area contributed by atoms with E-state index in [4.69, 9.17) is 0 Å². The van der Waals surface area contributed by atoms with Crippen molar-refractivity contribution in [2.45, 2.75) is 58.4 Å². The molecule has 0 aliphatic rings. The summed E-state index contributed by atoms with van der Waals surface area (Å²) in [5, 5.41) is 0. The molecule has 1 heteroatoms. The molecule has 0 spiro atoms. The minimum atomic E-state index is 0.979. The molecule has 0 unspecified atom stereocenters. The first-order valence-electron chi connectivity index (χ1n) is 8.41. The number of benzene rings is 1. The predicted octanol–water partition coefficient (Wildman–Crippen LogP) is 4.93. The van der Waals surface area contributed by atoms with Crippen molar-refractivity contribution in [3.05, 3.63) is 66.0 Å². The van der Waals surface area contributed by atoms with Gasteiger partial charge in [-0.15, -0.1) is 0 Å². The highest BCUT2D eigenvalue weighted by Crippen LogP contribution is 2.08. The summed E-state index contributed by atoms with van der Waals surface area (Å²) in [6, 6.07) is 17.3. The zero-order valence-electron chi connectivity index (χ0n) is 13.3. The van der Waals surface area contributed by atoms with Crippen LogP contribution in [-0.4, -0.2) is 0 Å². The van der Waals surface area contributed by atoms with Crippen molar-refractivity contribution in [1.82, 2.24) is 0 Å². The van der Waals surface area contributed by atoms with Crippen molar-refractivity contribution in [2.75, 3.05) is 0 Å². The second-order valence-corrected chi connectivity index (χ2v) is 5.82. The van der Waals surface area contributed by atoms with Crippen molar-refractivity contribution in [3.63, 3.8) is 0 Å². The van der Waals surface area contributed by atoms with Crippen LogP contribution in [0.3, 0.4) is 0 Å². The number of hydrogen-bond donors (Lipinski definition) is 0. The molecular weight excluding hydrogens is 254 g/mol. The van der Waals surface area contributed by atoms with Crippen LogP contribution in [0.4, 0.5) is 0 Å². The second-order valence-electron chi connectivity index (χ2n) is 5.82. The summed E-state index contributed by atoms with van der Waals surface area (Å²) in [5.41, 5.74) is 2.83. The normalized spacial score (nSPS) is 10.7. The van der Waals surface area contributed by atoms with Crippen molar-refractivity contribution in [3.8, 4) is 0 Å². The fourth-order valence-corrected chi connectivity index (χ4v) is 2.76. The molecule has 0 N–H and O–H groups in total. The molecule has 0 saturated carbocycles. The third kappa shape index (κ3) is 5.71. The summed E-state index contributed by atoms with van der Waals surface area (Å²) in [6.45, 7) is 3.25. The lowest BCUT2D eigenvalue weighted by Gasteiger charge is -2.04. The first-order chi connectivity index (χ1) is 10.4. The van der Waals surface area contributed by atoms with Gasteiger partial charge in [0.25, 0.3) is 0 Å². The van der Waals surface area contributed by atoms with Gasteiger partial charge in [-0.3, -0.25) is 0 Å². The zero-order valence-corrected chi connectivity index (χ0v) is 13.3. The average molecular weight is 282 g/mol. The molecule has 2 aromatic rings. The van der Waals surface area contributed by atoms with Crippen LogP contribution in [0.15, 0.2) is 54.7 Å². The van der Waals surface area contributed by atoms with Gasteiger partial charge in [-0.1, -0.05) is 75.4 Å². The van der Waals surface area contributed by atoms with Gasteiger partial charge in [-0.25, -0.2) is 0 Å². The molecule has 1 heterocycles. The summed E-state index contributed by atoms with van der Waals surface area (Å²) >= 11 is 0. The fourth-order valence-electron chi connectivity index (χ4n) is 2.76. The highest BCUT2D eigenvalue weighted by Gasteiger charge is 2.09. The number of unbranched alkanes of at least 4 members (excludes halogenated alkanes) is 5. The lowest BCUT2D eigenvalue weighted by atomic mass is 10.1. The van der Waals surface area contributed by atoms with E-state index in [1.54, 1.807) is 0 Å². The van der Waals surface area contributed by atoms with Gasteiger partial charge in [-0.05, 0) is 6.42 Å². The van der Waals surface area contributed by atoms with E-state index < -0.39 is 0 Å². The molecule has 0 saturated heterocycles. The van der Waals surface area contributed by atoms with Crippen molar-refractivity contribution in [1.29, 1.82) is 0 Å². The van der Waals surface area contributed by atoms with Crippen LogP contribution in [0, 0.1) is 0 Å². The summed E-state index contributed by atoms with van der Waals surface area (Å²) in [6.07, 6.45) is 11.6. The van der Waals surface area contributed by atoms with Gasteiger partial charge >= 0.3 is 0 Å². The van der Waals surface area contributed by atoms with Gasteiger partial charge in [0.15, 0.2) is 18.4 Å². The molecule has 0 radical (unpaired) electrons. The lowest BCUT2D eigenvalue weighted by molar-refractivity contribution is -0.695. The van der Waals surface area contributed by atoms with E-state index in [1.807, 2.05) is 0 Å². The van der Waals surface area contributed by atoms with E-state index in [1.165, 1.54) is 56.2 Å². The Balaban J connectivity index is 1.85. The van der Waals surface area contributed by atoms with Crippen LogP contribution in [0.2, 0.25) is 0 Å². The third-order valence-electron chi connectivity index (χ3n) is 4.02. The molecule has 1 aromatic carbocycles.